The number of carbonyl (C=O) groups is 3. The number of alkyl halides is 3. The first-order valence-corrected chi connectivity index (χ1v) is 13.0. The predicted octanol–water partition coefficient (Wildman–Crippen LogP) is 6.48. The molecule has 1 aliphatic heterocycles. The number of nitrogens with zero attached hydrogens (tertiary/aromatic N) is 1. The van der Waals surface area contributed by atoms with Gasteiger partial charge < -0.3 is 15.2 Å². The highest BCUT2D eigenvalue weighted by Gasteiger charge is 2.41. The van der Waals surface area contributed by atoms with Crippen molar-refractivity contribution in [2.45, 2.75) is 43.8 Å². The topological polar surface area (TPSA) is 95.9 Å². The van der Waals surface area contributed by atoms with Crippen molar-refractivity contribution in [1.29, 1.82) is 0 Å². The van der Waals surface area contributed by atoms with Crippen molar-refractivity contribution < 1.29 is 37.4 Å². The number of carboxylic acids is 1. The van der Waals surface area contributed by atoms with E-state index in [2.05, 4.69) is 5.32 Å². The number of benzene rings is 3. The van der Waals surface area contributed by atoms with E-state index in [0.29, 0.717) is 45.9 Å². The van der Waals surface area contributed by atoms with E-state index in [4.69, 9.17) is 4.74 Å². The zero-order valence-corrected chi connectivity index (χ0v) is 22.1. The summed E-state index contributed by atoms with van der Waals surface area (Å²) in [4.78, 5) is 40.4. The Morgan fingerprint density at radius 2 is 1.61 bits per heavy atom. The Morgan fingerprint density at radius 1 is 0.951 bits per heavy atom. The molecular weight excluding hydrogens is 537 g/mol. The summed E-state index contributed by atoms with van der Waals surface area (Å²) in [5.41, 5.74) is 2.43. The lowest BCUT2D eigenvalue weighted by atomic mass is 9.78. The van der Waals surface area contributed by atoms with Gasteiger partial charge in [-0.3, -0.25) is 19.3 Å². The molecule has 0 aromatic heterocycles. The molecule has 0 saturated carbocycles. The van der Waals surface area contributed by atoms with Crippen molar-refractivity contribution in [2.75, 3.05) is 17.3 Å². The minimum atomic E-state index is -4.47. The normalized spacial score (nSPS) is 18.6. The largest absolute Gasteiger partial charge is 0.497 e. The zero-order valence-electron chi connectivity index (χ0n) is 22.1. The van der Waals surface area contributed by atoms with Crippen LogP contribution in [0.1, 0.15) is 54.3 Å². The minimum absolute atomic E-state index is 0.0338. The Morgan fingerprint density at radius 3 is 2.24 bits per heavy atom. The SMILES string of the molecule is COc1ccc([C@@H]2C3=C(C[C@H](c4ccc(C(F)(F)F)cc4)CC3=O)Nc3ccccc3N2C(=O)CCC(=O)O)cc1. The lowest BCUT2D eigenvalue weighted by Crippen LogP contribution is -2.38. The van der Waals surface area contributed by atoms with E-state index < -0.39 is 29.7 Å². The van der Waals surface area contributed by atoms with Crippen LogP contribution in [0.4, 0.5) is 24.5 Å². The molecule has 2 N–H and O–H groups in total. The summed E-state index contributed by atoms with van der Waals surface area (Å²) < 4.78 is 44.7. The van der Waals surface area contributed by atoms with Crippen LogP contribution in [0.3, 0.4) is 0 Å². The number of hydrogen-bond acceptors (Lipinski definition) is 5. The number of rotatable bonds is 6. The Hall–Kier alpha value is -4.60. The molecular formula is C31H27F3N2O5. The first-order valence-electron chi connectivity index (χ1n) is 13.0. The van der Waals surface area contributed by atoms with Gasteiger partial charge in [0.1, 0.15) is 5.75 Å². The number of ether oxygens (including phenoxy) is 1. The Labute approximate surface area is 234 Å². The summed E-state index contributed by atoms with van der Waals surface area (Å²) in [5.74, 6) is -1.64. The third-order valence-corrected chi connectivity index (χ3v) is 7.45. The molecule has 3 aromatic rings. The van der Waals surface area contributed by atoms with Gasteiger partial charge in [-0.2, -0.15) is 13.2 Å². The van der Waals surface area contributed by atoms with Crippen molar-refractivity contribution in [3.8, 4) is 5.75 Å². The molecule has 0 radical (unpaired) electrons. The van der Waals surface area contributed by atoms with Gasteiger partial charge in [0.15, 0.2) is 5.78 Å². The molecule has 1 heterocycles. The Kier molecular flexibility index (Phi) is 7.57. The van der Waals surface area contributed by atoms with E-state index in [0.717, 1.165) is 12.1 Å². The predicted molar refractivity (Wildman–Crippen MR) is 146 cm³/mol. The quantitative estimate of drug-likeness (QED) is 0.356. The summed E-state index contributed by atoms with van der Waals surface area (Å²) in [5, 5.41) is 12.6. The number of carboxylic acid groups (broad SMARTS) is 1. The summed E-state index contributed by atoms with van der Waals surface area (Å²) in [7, 11) is 1.52. The smallest absolute Gasteiger partial charge is 0.416 e. The fraction of sp³-hybridized carbons (Fsp3) is 0.258. The molecule has 2 aliphatic rings. The molecule has 212 valence electrons. The third kappa shape index (κ3) is 5.68. The number of para-hydroxylation sites is 2. The molecule has 0 saturated heterocycles. The number of aliphatic carboxylic acids is 1. The molecule has 0 fully saturated rings. The van der Waals surface area contributed by atoms with Gasteiger partial charge in [0, 0.05) is 24.1 Å². The minimum Gasteiger partial charge on any atom is -0.497 e. The highest BCUT2D eigenvalue weighted by molar-refractivity contribution is 6.06. The number of Topliss-reactive ketones (excluding diaryl/α,β-unsaturated/α-hetero) is 1. The maximum Gasteiger partial charge on any atom is 0.416 e. The second-order valence-electron chi connectivity index (χ2n) is 10.0. The van der Waals surface area contributed by atoms with E-state index >= 15 is 0 Å². The van der Waals surface area contributed by atoms with Gasteiger partial charge in [0.2, 0.25) is 5.91 Å². The highest BCUT2D eigenvalue weighted by Crippen LogP contribution is 2.48. The van der Waals surface area contributed by atoms with Crippen LogP contribution in [0.2, 0.25) is 0 Å². The third-order valence-electron chi connectivity index (χ3n) is 7.45. The zero-order chi connectivity index (χ0) is 29.3. The number of ketones is 1. The Balaban J connectivity index is 1.63. The van der Waals surface area contributed by atoms with Gasteiger partial charge in [0.05, 0.1) is 36.5 Å². The second-order valence-corrected chi connectivity index (χ2v) is 10.0. The molecule has 3 aromatic carbocycles. The number of anilines is 2. The molecule has 10 heteroatoms. The summed E-state index contributed by atoms with van der Waals surface area (Å²) in [6, 6.07) is 17.9. The van der Waals surface area contributed by atoms with Crippen molar-refractivity contribution >= 4 is 29.0 Å². The first-order chi connectivity index (χ1) is 19.6. The standard InChI is InChI=1S/C31H27F3N2O5/c1-41-22-12-8-19(9-13-22)30-29-24(16-20(17-26(29)37)18-6-10-21(11-7-18)31(32,33)34)35-23-4-2-3-5-25(23)36(30)27(38)14-15-28(39)40/h2-13,20,30,35H,14-17H2,1H3,(H,39,40)/t20-,30+/m0/s1. The van der Waals surface area contributed by atoms with Gasteiger partial charge in [-0.25, -0.2) is 0 Å². The number of fused-ring (bicyclic) bond motifs is 1. The van der Waals surface area contributed by atoms with Gasteiger partial charge >= 0.3 is 12.1 Å². The number of amides is 1. The van der Waals surface area contributed by atoms with Crippen LogP contribution >= 0.6 is 0 Å². The lowest BCUT2D eigenvalue weighted by molar-refractivity contribution is -0.138. The molecule has 2 atom stereocenters. The number of hydrogen-bond donors (Lipinski definition) is 2. The van der Waals surface area contributed by atoms with Crippen molar-refractivity contribution in [2.24, 2.45) is 0 Å². The average molecular weight is 565 g/mol. The molecule has 1 aliphatic carbocycles. The second kappa shape index (κ2) is 11.1. The van der Waals surface area contributed by atoms with Crippen molar-refractivity contribution in [1.82, 2.24) is 0 Å². The van der Waals surface area contributed by atoms with Crippen LogP contribution in [0.15, 0.2) is 84.1 Å². The van der Waals surface area contributed by atoms with Crippen LogP contribution in [0.5, 0.6) is 5.75 Å². The number of methoxy groups -OCH3 is 1. The number of halogens is 3. The summed E-state index contributed by atoms with van der Waals surface area (Å²) in [6.45, 7) is 0. The fourth-order valence-electron chi connectivity index (χ4n) is 5.48. The van der Waals surface area contributed by atoms with Crippen LogP contribution in [0, 0.1) is 0 Å². The maximum absolute atomic E-state index is 13.9. The van der Waals surface area contributed by atoms with E-state index in [-0.39, 0.29) is 31.0 Å². The number of carbonyl (C=O) groups excluding carboxylic acids is 2. The molecule has 5 rings (SSSR count). The highest BCUT2D eigenvalue weighted by atomic mass is 19.4. The number of nitrogens with one attached hydrogen (secondary N) is 1. The fourth-order valence-corrected chi connectivity index (χ4v) is 5.48. The maximum atomic E-state index is 13.9. The molecule has 0 bridgehead atoms. The monoisotopic (exact) mass is 564 g/mol. The molecule has 0 spiro atoms. The van der Waals surface area contributed by atoms with E-state index in [9.17, 15) is 32.7 Å². The van der Waals surface area contributed by atoms with Crippen LogP contribution in [0.25, 0.3) is 0 Å². The van der Waals surface area contributed by atoms with Gasteiger partial charge in [-0.15, -0.1) is 0 Å². The Bertz CT molecular complexity index is 1510. The van der Waals surface area contributed by atoms with E-state index in [1.807, 2.05) is 0 Å². The van der Waals surface area contributed by atoms with Crippen LogP contribution < -0.4 is 15.0 Å². The van der Waals surface area contributed by atoms with Crippen LogP contribution in [-0.4, -0.2) is 29.9 Å². The van der Waals surface area contributed by atoms with E-state index in [1.54, 1.807) is 48.5 Å². The van der Waals surface area contributed by atoms with Gasteiger partial charge in [-0.1, -0.05) is 36.4 Å². The van der Waals surface area contributed by atoms with Gasteiger partial charge in [0.25, 0.3) is 0 Å². The first kappa shape index (κ1) is 27.9. The van der Waals surface area contributed by atoms with Crippen molar-refractivity contribution in [3.05, 3.63) is 101 Å². The van der Waals surface area contributed by atoms with Crippen molar-refractivity contribution in [3.63, 3.8) is 0 Å². The molecule has 41 heavy (non-hydrogen) atoms. The molecule has 0 unspecified atom stereocenters. The van der Waals surface area contributed by atoms with Crippen LogP contribution in [-0.2, 0) is 20.6 Å². The summed E-state index contributed by atoms with van der Waals surface area (Å²) >= 11 is 0. The number of allylic oxidation sites excluding steroid dienone is 1. The van der Waals surface area contributed by atoms with E-state index in [1.165, 1.54) is 24.1 Å². The lowest BCUT2D eigenvalue weighted by Gasteiger charge is -2.35. The summed E-state index contributed by atoms with van der Waals surface area (Å²) in [6.07, 6.45) is -4.76. The average Bonchev–Trinajstić information content (AvgIpc) is 3.10. The molecule has 1 amide bonds. The van der Waals surface area contributed by atoms with Gasteiger partial charge in [-0.05, 0) is 59.9 Å². The molecule has 7 nitrogen and oxygen atoms in total.